The van der Waals surface area contributed by atoms with Crippen molar-refractivity contribution in [3.8, 4) is 11.5 Å². The van der Waals surface area contributed by atoms with Gasteiger partial charge in [-0.1, -0.05) is 17.3 Å². The molecular formula is C23H25BrN4O4. The fourth-order valence-corrected chi connectivity index (χ4v) is 4.53. The van der Waals surface area contributed by atoms with Crippen molar-refractivity contribution < 1.29 is 19.5 Å². The van der Waals surface area contributed by atoms with E-state index in [4.69, 9.17) is 14.7 Å². The predicted octanol–water partition coefficient (Wildman–Crippen LogP) is 4.29. The first-order valence-corrected chi connectivity index (χ1v) is 11.1. The smallest absolute Gasteiger partial charge is 0.223 e. The number of benzene rings is 1. The van der Waals surface area contributed by atoms with Crippen molar-refractivity contribution in [3.63, 3.8) is 0 Å². The van der Waals surface area contributed by atoms with E-state index in [1.807, 2.05) is 49.1 Å². The van der Waals surface area contributed by atoms with Gasteiger partial charge in [0.05, 0.1) is 25.6 Å². The number of fused-ring (bicyclic) bond motifs is 1. The number of aromatic nitrogens is 2. The molecule has 3 heterocycles. The third-order valence-electron chi connectivity index (χ3n) is 6.00. The molecule has 3 aromatic rings. The highest BCUT2D eigenvalue weighted by molar-refractivity contribution is 9.10. The first-order chi connectivity index (χ1) is 15.4. The molecule has 1 fully saturated rings. The first kappa shape index (κ1) is 22.1. The monoisotopic (exact) mass is 500 g/mol. The van der Waals surface area contributed by atoms with E-state index < -0.39 is 0 Å². The highest BCUT2D eigenvalue weighted by Crippen LogP contribution is 2.34. The molecule has 8 nitrogen and oxygen atoms in total. The Morgan fingerprint density at radius 1 is 1.31 bits per heavy atom. The lowest BCUT2D eigenvalue weighted by atomic mass is 10.0. The Hall–Kier alpha value is -3.07. The number of carbonyl (C=O) groups excluding carboxylic acids is 1. The molecule has 1 aliphatic heterocycles. The number of oxime groups is 1. The van der Waals surface area contributed by atoms with Gasteiger partial charge < -0.3 is 19.6 Å². The average Bonchev–Trinajstić information content (AvgIpc) is 3.37. The minimum atomic E-state index is -0.209. The molecule has 1 aliphatic rings. The number of hydrogen-bond acceptors (Lipinski definition) is 6. The SMILES string of the molecule is COc1ccc([C@@H](C)N2C[C@H]([C@@H](C)Oc3cc(Br)cn4ncc(/C=N/O)c34)CC2=O)cc1. The number of halogens is 1. The molecule has 4 rings (SSSR count). The summed E-state index contributed by atoms with van der Waals surface area (Å²) in [5.41, 5.74) is 2.40. The molecule has 0 radical (unpaired) electrons. The van der Waals surface area contributed by atoms with Gasteiger partial charge in [0.25, 0.3) is 0 Å². The third-order valence-corrected chi connectivity index (χ3v) is 6.43. The summed E-state index contributed by atoms with van der Waals surface area (Å²) in [6.07, 6.45) is 4.95. The van der Waals surface area contributed by atoms with Gasteiger partial charge in [-0.2, -0.15) is 5.10 Å². The third kappa shape index (κ3) is 4.29. The molecule has 0 aliphatic carbocycles. The van der Waals surface area contributed by atoms with Gasteiger partial charge in [0.1, 0.15) is 23.1 Å². The summed E-state index contributed by atoms with van der Waals surface area (Å²) in [4.78, 5) is 14.7. The summed E-state index contributed by atoms with van der Waals surface area (Å²) < 4.78 is 14.0. The molecule has 168 valence electrons. The van der Waals surface area contributed by atoms with Crippen LogP contribution in [0.5, 0.6) is 11.5 Å². The minimum Gasteiger partial charge on any atom is -0.497 e. The van der Waals surface area contributed by atoms with Crippen molar-refractivity contribution in [2.75, 3.05) is 13.7 Å². The lowest BCUT2D eigenvalue weighted by molar-refractivity contribution is -0.129. The average molecular weight is 501 g/mol. The Morgan fingerprint density at radius 2 is 2.06 bits per heavy atom. The molecule has 0 saturated carbocycles. The maximum absolute atomic E-state index is 12.8. The maximum atomic E-state index is 12.8. The number of hydrogen-bond donors (Lipinski definition) is 1. The number of methoxy groups -OCH3 is 1. The summed E-state index contributed by atoms with van der Waals surface area (Å²) in [7, 11) is 1.64. The van der Waals surface area contributed by atoms with Crippen LogP contribution < -0.4 is 9.47 Å². The molecule has 3 atom stereocenters. The summed E-state index contributed by atoms with van der Waals surface area (Å²) in [5.74, 6) is 1.55. The number of rotatable bonds is 7. The van der Waals surface area contributed by atoms with Crippen LogP contribution in [0.3, 0.4) is 0 Å². The van der Waals surface area contributed by atoms with E-state index in [1.54, 1.807) is 24.0 Å². The van der Waals surface area contributed by atoms with Gasteiger partial charge >= 0.3 is 0 Å². The molecule has 1 saturated heterocycles. The largest absolute Gasteiger partial charge is 0.497 e. The van der Waals surface area contributed by atoms with E-state index in [9.17, 15) is 4.79 Å². The Balaban J connectivity index is 1.52. The van der Waals surface area contributed by atoms with Crippen molar-refractivity contribution in [2.24, 2.45) is 11.1 Å². The van der Waals surface area contributed by atoms with Gasteiger partial charge in [-0.05, 0) is 53.5 Å². The summed E-state index contributed by atoms with van der Waals surface area (Å²) in [6, 6.07) is 9.62. The second kappa shape index (κ2) is 9.20. The van der Waals surface area contributed by atoms with Crippen LogP contribution in [0.25, 0.3) is 5.52 Å². The molecular weight excluding hydrogens is 476 g/mol. The number of ether oxygens (including phenoxy) is 2. The highest BCUT2D eigenvalue weighted by Gasteiger charge is 2.37. The van der Waals surface area contributed by atoms with E-state index in [-0.39, 0.29) is 24.0 Å². The number of carbonyl (C=O) groups is 1. The van der Waals surface area contributed by atoms with Crippen molar-refractivity contribution in [3.05, 3.63) is 58.3 Å². The molecule has 1 N–H and O–H groups in total. The normalized spacial score (nSPS) is 18.4. The Bertz CT molecular complexity index is 1140. The highest BCUT2D eigenvalue weighted by atomic mass is 79.9. The maximum Gasteiger partial charge on any atom is 0.223 e. The van der Waals surface area contributed by atoms with Crippen LogP contribution in [0.1, 0.15) is 37.4 Å². The standard InChI is InChI=1S/C23H25BrN4O4/c1-14(16-4-6-20(31-3)7-5-16)27-12-17(8-22(27)29)15(2)32-21-9-19(24)13-28-23(21)18(10-25-28)11-26-30/h4-7,9-11,13-15,17,30H,8,12H2,1-3H3/b26-11+/t14-,15-,17-/m1/s1. The lowest BCUT2D eigenvalue weighted by Gasteiger charge is -2.27. The number of nitrogens with zero attached hydrogens (tertiary/aromatic N) is 4. The molecule has 2 aromatic heterocycles. The van der Waals surface area contributed by atoms with Crippen molar-refractivity contribution >= 4 is 33.6 Å². The molecule has 0 bridgehead atoms. The quantitative estimate of drug-likeness (QED) is 0.297. The Labute approximate surface area is 194 Å². The van der Waals surface area contributed by atoms with E-state index in [1.165, 1.54) is 6.21 Å². The van der Waals surface area contributed by atoms with Crippen LogP contribution in [-0.2, 0) is 4.79 Å². The van der Waals surface area contributed by atoms with Crippen LogP contribution in [0.2, 0.25) is 0 Å². The minimum absolute atomic E-state index is 0.0367. The predicted molar refractivity (Wildman–Crippen MR) is 124 cm³/mol. The lowest BCUT2D eigenvalue weighted by Crippen LogP contribution is -2.31. The van der Waals surface area contributed by atoms with E-state index in [2.05, 4.69) is 26.2 Å². The van der Waals surface area contributed by atoms with Crippen LogP contribution >= 0.6 is 15.9 Å². The number of amides is 1. The molecule has 0 unspecified atom stereocenters. The first-order valence-electron chi connectivity index (χ1n) is 10.4. The van der Waals surface area contributed by atoms with Crippen LogP contribution in [-0.4, -0.2) is 51.6 Å². The summed E-state index contributed by atoms with van der Waals surface area (Å²) in [6.45, 7) is 4.63. The van der Waals surface area contributed by atoms with Gasteiger partial charge in [-0.25, -0.2) is 4.52 Å². The molecule has 9 heteroatoms. The van der Waals surface area contributed by atoms with E-state index in [0.29, 0.717) is 29.8 Å². The fourth-order valence-electron chi connectivity index (χ4n) is 4.13. The van der Waals surface area contributed by atoms with Crippen LogP contribution in [0, 0.1) is 5.92 Å². The molecule has 0 spiro atoms. The van der Waals surface area contributed by atoms with Crippen molar-refractivity contribution in [1.82, 2.24) is 14.5 Å². The zero-order chi connectivity index (χ0) is 22.8. The van der Waals surface area contributed by atoms with E-state index >= 15 is 0 Å². The zero-order valence-electron chi connectivity index (χ0n) is 18.1. The summed E-state index contributed by atoms with van der Waals surface area (Å²) in [5, 5.41) is 16.4. The van der Waals surface area contributed by atoms with Crippen molar-refractivity contribution in [2.45, 2.75) is 32.4 Å². The number of pyridine rings is 1. The second-order valence-corrected chi connectivity index (χ2v) is 8.86. The Morgan fingerprint density at radius 3 is 2.75 bits per heavy atom. The van der Waals surface area contributed by atoms with Gasteiger partial charge in [-0.3, -0.25) is 4.79 Å². The van der Waals surface area contributed by atoms with Gasteiger partial charge in [0.2, 0.25) is 5.91 Å². The Kier molecular flexibility index (Phi) is 6.36. The fraction of sp³-hybridized carbons (Fsp3) is 0.348. The molecule has 1 amide bonds. The van der Waals surface area contributed by atoms with Crippen LogP contribution in [0.4, 0.5) is 0 Å². The molecule has 32 heavy (non-hydrogen) atoms. The topological polar surface area (TPSA) is 88.7 Å². The van der Waals surface area contributed by atoms with E-state index in [0.717, 1.165) is 15.8 Å². The van der Waals surface area contributed by atoms with Gasteiger partial charge in [0, 0.05) is 35.1 Å². The second-order valence-electron chi connectivity index (χ2n) is 7.94. The van der Waals surface area contributed by atoms with Gasteiger partial charge in [0.15, 0.2) is 0 Å². The molecule has 1 aromatic carbocycles. The number of likely N-dealkylation sites (tertiary alicyclic amines) is 1. The zero-order valence-corrected chi connectivity index (χ0v) is 19.7. The van der Waals surface area contributed by atoms with Crippen LogP contribution in [0.15, 0.2) is 52.4 Å². The summed E-state index contributed by atoms with van der Waals surface area (Å²) >= 11 is 3.48. The van der Waals surface area contributed by atoms with Crippen molar-refractivity contribution in [1.29, 1.82) is 0 Å². The van der Waals surface area contributed by atoms with Gasteiger partial charge in [-0.15, -0.1) is 0 Å².